The number of rotatable bonds is 5. The van der Waals surface area contributed by atoms with Gasteiger partial charge in [-0.3, -0.25) is 0 Å². The number of aryl methyl sites for hydroxylation is 3. The minimum atomic E-state index is 0.418. The molecule has 0 radical (unpaired) electrons. The van der Waals surface area contributed by atoms with Crippen molar-refractivity contribution in [2.45, 2.75) is 27.2 Å². The van der Waals surface area contributed by atoms with E-state index in [1.807, 2.05) is 13.8 Å². The van der Waals surface area contributed by atoms with Crippen LogP contribution in [0.4, 0.5) is 0 Å². The molecule has 3 nitrogen and oxygen atoms in total. The molecule has 0 aliphatic rings. The van der Waals surface area contributed by atoms with Gasteiger partial charge in [-0.1, -0.05) is 24.4 Å². The van der Waals surface area contributed by atoms with E-state index < -0.39 is 0 Å². The van der Waals surface area contributed by atoms with Crippen LogP contribution in [0.5, 0.6) is 5.75 Å². The van der Waals surface area contributed by atoms with E-state index in [9.17, 15) is 0 Å². The fourth-order valence-corrected chi connectivity index (χ4v) is 3.07. The summed E-state index contributed by atoms with van der Waals surface area (Å²) in [6.45, 7) is 6.65. The summed E-state index contributed by atoms with van der Waals surface area (Å²) in [5, 5.41) is 1.01. The molecular formula is C15H18N2OS2. The minimum Gasteiger partial charge on any atom is -0.493 e. The normalized spacial score (nSPS) is 10.6. The monoisotopic (exact) mass is 306 g/mol. The fraction of sp³-hybridized carbons (Fsp3) is 0.333. The zero-order valence-electron chi connectivity index (χ0n) is 11.9. The maximum absolute atomic E-state index is 5.83. The summed E-state index contributed by atoms with van der Waals surface area (Å²) in [6, 6.07) is 6.22. The van der Waals surface area contributed by atoms with Crippen molar-refractivity contribution in [3.63, 3.8) is 0 Å². The molecule has 2 aromatic rings. The summed E-state index contributed by atoms with van der Waals surface area (Å²) < 4.78 is 5.83. The van der Waals surface area contributed by atoms with Gasteiger partial charge in [0.15, 0.2) is 0 Å². The zero-order valence-corrected chi connectivity index (χ0v) is 13.5. The lowest BCUT2D eigenvalue weighted by Crippen LogP contribution is -2.08. The van der Waals surface area contributed by atoms with Gasteiger partial charge >= 0.3 is 0 Å². The van der Waals surface area contributed by atoms with Crippen molar-refractivity contribution in [1.29, 1.82) is 0 Å². The highest BCUT2D eigenvalue weighted by Gasteiger charge is 2.10. The standard InChI is InChI=1S/C15H18N2OS2/c1-9-4-5-10(2)12(8-9)18-7-6-13-17-11(3)14(20-13)15(16)19/h4-5,8H,6-7H2,1-3H3,(H2,16,19). The molecule has 0 spiro atoms. The van der Waals surface area contributed by atoms with E-state index in [1.165, 1.54) is 5.56 Å². The van der Waals surface area contributed by atoms with E-state index in [4.69, 9.17) is 22.7 Å². The number of hydrogen-bond acceptors (Lipinski definition) is 4. The Morgan fingerprint density at radius 3 is 2.75 bits per heavy atom. The molecule has 5 heteroatoms. The summed E-state index contributed by atoms with van der Waals surface area (Å²) in [4.78, 5) is 5.80. The SMILES string of the molecule is Cc1ccc(C)c(OCCc2nc(C)c(C(N)=S)s2)c1. The molecule has 0 saturated carbocycles. The first-order valence-electron chi connectivity index (χ1n) is 6.43. The third-order valence-electron chi connectivity index (χ3n) is 2.98. The number of aromatic nitrogens is 1. The van der Waals surface area contributed by atoms with E-state index in [0.717, 1.165) is 33.3 Å². The molecule has 106 valence electrons. The number of thiocarbonyl (C=S) groups is 1. The van der Waals surface area contributed by atoms with E-state index in [-0.39, 0.29) is 0 Å². The van der Waals surface area contributed by atoms with Crippen LogP contribution in [0.15, 0.2) is 18.2 Å². The Balaban J connectivity index is 1.98. The highest BCUT2D eigenvalue weighted by atomic mass is 32.1. The van der Waals surface area contributed by atoms with Crippen molar-refractivity contribution in [2.24, 2.45) is 5.73 Å². The van der Waals surface area contributed by atoms with Crippen LogP contribution in [0.25, 0.3) is 0 Å². The van der Waals surface area contributed by atoms with Crippen LogP contribution in [-0.4, -0.2) is 16.6 Å². The van der Waals surface area contributed by atoms with Gasteiger partial charge in [0.1, 0.15) is 10.7 Å². The first-order valence-corrected chi connectivity index (χ1v) is 7.66. The van der Waals surface area contributed by atoms with Gasteiger partial charge in [0, 0.05) is 6.42 Å². The Hall–Kier alpha value is -1.46. The van der Waals surface area contributed by atoms with Crippen molar-refractivity contribution >= 4 is 28.5 Å². The number of ether oxygens (including phenoxy) is 1. The highest BCUT2D eigenvalue weighted by molar-refractivity contribution is 7.81. The topological polar surface area (TPSA) is 48.1 Å². The fourth-order valence-electron chi connectivity index (χ4n) is 1.90. The molecule has 1 heterocycles. The van der Waals surface area contributed by atoms with Gasteiger partial charge in [0.2, 0.25) is 0 Å². The Kier molecular flexibility index (Phi) is 4.73. The Morgan fingerprint density at radius 1 is 1.35 bits per heavy atom. The lowest BCUT2D eigenvalue weighted by atomic mass is 10.1. The molecule has 2 rings (SSSR count). The first kappa shape index (κ1) is 14.9. The van der Waals surface area contributed by atoms with Crippen LogP contribution in [0.3, 0.4) is 0 Å². The second kappa shape index (κ2) is 6.33. The van der Waals surface area contributed by atoms with Gasteiger partial charge in [-0.05, 0) is 38.0 Å². The average molecular weight is 306 g/mol. The number of nitrogens with two attached hydrogens (primary N) is 1. The lowest BCUT2D eigenvalue weighted by Gasteiger charge is -2.08. The van der Waals surface area contributed by atoms with E-state index in [1.54, 1.807) is 11.3 Å². The molecule has 0 aliphatic heterocycles. The second-order valence-electron chi connectivity index (χ2n) is 4.75. The first-order chi connectivity index (χ1) is 9.47. The molecule has 1 aromatic carbocycles. The van der Waals surface area contributed by atoms with E-state index >= 15 is 0 Å². The smallest absolute Gasteiger partial charge is 0.122 e. The van der Waals surface area contributed by atoms with Crippen LogP contribution < -0.4 is 10.5 Å². The molecule has 0 bridgehead atoms. The van der Waals surface area contributed by atoms with Gasteiger partial charge in [-0.2, -0.15) is 0 Å². The minimum absolute atomic E-state index is 0.418. The van der Waals surface area contributed by atoms with Crippen LogP contribution >= 0.6 is 23.6 Å². The average Bonchev–Trinajstić information content (AvgIpc) is 2.75. The molecule has 0 amide bonds. The number of benzene rings is 1. The van der Waals surface area contributed by atoms with Crippen molar-refractivity contribution in [1.82, 2.24) is 4.98 Å². The molecule has 20 heavy (non-hydrogen) atoms. The zero-order chi connectivity index (χ0) is 14.7. The van der Waals surface area contributed by atoms with E-state index in [0.29, 0.717) is 11.6 Å². The largest absolute Gasteiger partial charge is 0.493 e. The molecule has 0 unspecified atom stereocenters. The third kappa shape index (κ3) is 3.55. The second-order valence-corrected chi connectivity index (χ2v) is 6.28. The Bertz CT molecular complexity index is 635. The van der Waals surface area contributed by atoms with Crippen molar-refractivity contribution in [2.75, 3.05) is 6.61 Å². The summed E-state index contributed by atoms with van der Waals surface area (Å²) in [6.07, 6.45) is 0.765. The van der Waals surface area contributed by atoms with Gasteiger partial charge in [0.05, 0.1) is 22.2 Å². The van der Waals surface area contributed by atoms with Crippen LogP contribution in [0.2, 0.25) is 0 Å². The number of thiazole rings is 1. The summed E-state index contributed by atoms with van der Waals surface area (Å²) in [5.41, 5.74) is 8.91. The summed E-state index contributed by atoms with van der Waals surface area (Å²) in [7, 11) is 0. The van der Waals surface area contributed by atoms with Crippen LogP contribution in [0.1, 0.15) is 26.7 Å². The Labute approximate surface area is 128 Å². The quantitative estimate of drug-likeness (QED) is 0.861. The van der Waals surface area contributed by atoms with Gasteiger partial charge < -0.3 is 10.5 Å². The predicted molar refractivity (Wildman–Crippen MR) is 87.9 cm³/mol. The number of hydrogen-bond donors (Lipinski definition) is 1. The molecule has 0 saturated heterocycles. The van der Waals surface area contributed by atoms with Crippen LogP contribution in [0, 0.1) is 20.8 Å². The van der Waals surface area contributed by atoms with Crippen molar-refractivity contribution in [3.8, 4) is 5.75 Å². The lowest BCUT2D eigenvalue weighted by molar-refractivity contribution is 0.319. The maximum atomic E-state index is 5.83. The van der Waals surface area contributed by atoms with Crippen molar-refractivity contribution in [3.05, 3.63) is 44.9 Å². The molecule has 2 N–H and O–H groups in total. The molecule has 1 aromatic heterocycles. The number of nitrogens with zero attached hydrogens (tertiary/aromatic N) is 1. The molecule has 0 fully saturated rings. The van der Waals surface area contributed by atoms with Crippen LogP contribution in [-0.2, 0) is 6.42 Å². The molecule has 0 aliphatic carbocycles. The highest BCUT2D eigenvalue weighted by Crippen LogP contribution is 2.21. The molecule has 0 atom stereocenters. The van der Waals surface area contributed by atoms with Crippen molar-refractivity contribution < 1.29 is 4.74 Å². The van der Waals surface area contributed by atoms with Gasteiger partial charge in [0.25, 0.3) is 0 Å². The summed E-state index contributed by atoms with van der Waals surface area (Å²) in [5.74, 6) is 0.938. The van der Waals surface area contributed by atoms with Gasteiger partial charge in [-0.25, -0.2) is 4.98 Å². The van der Waals surface area contributed by atoms with E-state index in [2.05, 4.69) is 30.1 Å². The summed E-state index contributed by atoms with van der Waals surface area (Å²) >= 11 is 6.55. The maximum Gasteiger partial charge on any atom is 0.122 e. The molecular weight excluding hydrogens is 288 g/mol. The van der Waals surface area contributed by atoms with Gasteiger partial charge in [-0.15, -0.1) is 11.3 Å². The third-order valence-corrected chi connectivity index (χ3v) is 4.57. The predicted octanol–water partition coefficient (Wildman–Crippen LogP) is 3.32. The Morgan fingerprint density at radius 2 is 2.10 bits per heavy atom.